The van der Waals surface area contributed by atoms with E-state index in [2.05, 4.69) is 50.5 Å². The third-order valence-corrected chi connectivity index (χ3v) is 2.45. The summed E-state index contributed by atoms with van der Waals surface area (Å²) in [6.45, 7) is 10.4. The molecule has 0 saturated carbocycles. The maximum absolute atomic E-state index is 5.34. The number of rotatable bonds is 5. The van der Waals surface area contributed by atoms with Gasteiger partial charge in [-0.15, -0.1) is 0 Å². The van der Waals surface area contributed by atoms with Crippen molar-refractivity contribution in [2.75, 3.05) is 25.5 Å². The monoisotopic (exact) mass is 236 g/mol. The molecule has 1 rings (SSSR count). The molecule has 1 aromatic rings. The Balaban J connectivity index is 2.46. The normalized spacial score (nSPS) is 11.4. The second-order valence-corrected chi connectivity index (χ2v) is 5.31. The SMILES string of the molecule is COc1cc(C)ccc1NCCNC(C)(C)C. The van der Waals surface area contributed by atoms with E-state index in [0.29, 0.717) is 0 Å². The lowest BCUT2D eigenvalue weighted by molar-refractivity contribution is 0.415. The molecule has 96 valence electrons. The number of methoxy groups -OCH3 is 1. The number of aryl methyl sites for hydroxylation is 1. The third-order valence-electron chi connectivity index (χ3n) is 2.45. The Kier molecular flexibility index (Phi) is 4.82. The molecular formula is C14H24N2O. The van der Waals surface area contributed by atoms with E-state index >= 15 is 0 Å². The molecule has 0 heterocycles. The van der Waals surface area contributed by atoms with Crippen molar-refractivity contribution in [3.63, 3.8) is 0 Å². The zero-order chi connectivity index (χ0) is 12.9. The molecule has 1 aromatic carbocycles. The summed E-state index contributed by atoms with van der Waals surface area (Å²) in [6.07, 6.45) is 0. The smallest absolute Gasteiger partial charge is 0.142 e. The topological polar surface area (TPSA) is 33.3 Å². The summed E-state index contributed by atoms with van der Waals surface area (Å²) in [5.74, 6) is 0.903. The van der Waals surface area contributed by atoms with Crippen molar-refractivity contribution >= 4 is 5.69 Å². The standard InChI is InChI=1S/C14H24N2O/c1-11-6-7-12(13(10-11)17-5)15-8-9-16-14(2,3)4/h6-7,10,15-16H,8-9H2,1-5H3. The molecule has 17 heavy (non-hydrogen) atoms. The van der Waals surface area contributed by atoms with Crippen molar-refractivity contribution in [1.82, 2.24) is 5.32 Å². The van der Waals surface area contributed by atoms with E-state index in [4.69, 9.17) is 4.74 Å². The largest absolute Gasteiger partial charge is 0.495 e. The van der Waals surface area contributed by atoms with E-state index < -0.39 is 0 Å². The minimum atomic E-state index is 0.166. The number of hydrogen-bond acceptors (Lipinski definition) is 3. The van der Waals surface area contributed by atoms with E-state index in [0.717, 1.165) is 24.5 Å². The number of ether oxygens (including phenoxy) is 1. The van der Waals surface area contributed by atoms with Crippen molar-refractivity contribution in [3.8, 4) is 5.75 Å². The average Bonchev–Trinajstić information content (AvgIpc) is 2.24. The van der Waals surface area contributed by atoms with Crippen LogP contribution in [0.4, 0.5) is 5.69 Å². The summed E-state index contributed by atoms with van der Waals surface area (Å²) in [5.41, 5.74) is 2.42. The molecule has 0 unspecified atom stereocenters. The van der Waals surface area contributed by atoms with Gasteiger partial charge in [-0.05, 0) is 45.4 Å². The van der Waals surface area contributed by atoms with Gasteiger partial charge in [-0.2, -0.15) is 0 Å². The molecule has 3 nitrogen and oxygen atoms in total. The van der Waals surface area contributed by atoms with Gasteiger partial charge in [0.05, 0.1) is 12.8 Å². The molecule has 0 fully saturated rings. The molecule has 2 N–H and O–H groups in total. The third kappa shape index (κ3) is 5.09. The highest BCUT2D eigenvalue weighted by Crippen LogP contribution is 2.24. The van der Waals surface area contributed by atoms with Crippen molar-refractivity contribution in [1.29, 1.82) is 0 Å². The van der Waals surface area contributed by atoms with E-state index in [9.17, 15) is 0 Å². The van der Waals surface area contributed by atoms with Crippen LogP contribution in [-0.4, -0.2) is 25.7 Å². The summed E-state index contributed by atoms with van der Waals surface area (Å²) in [6, 6.07) is 6.19. The lowest BCUT2D eigenvalue weighted by atomic mass is 10.1. The van der Waals surface area contributed by atoms with Crippen LogP contribution in [0, 0.1) is 6.92 Å². The summed E-state index contributed by atoms with van der Waals surface area (Å²) in [4.78, 5) is 0. The van der Waals surface area contributed by atoms with Crippen LogP contribution < -0.4 is 15.4 Å². The number of benzene rings is 1. The van der Waals surface area contributed by atoms with Gasteiger partial charge < -0.3 is 15.4 Å². The molecule has 0 aromatic heterocycles. The highest BCUT2D eigenvalue weighted by Gasteiger charge is 2.07. The molecule has 0 bridgehead atoms. The Morgan fingerprint density at radius 2 is 1.88 bits per heavy atom. The molecule has 0 aliphatic carbocycles. The van der Waals surface area contributed by atoms with Crippen LogP contribution in [0.1, 0.15) is 26.3 Å². The lowest BCUT2D eigenvalue weighted by Crippen LogP contribution is -2.38. The number of anilines is 1. The fourth-order valence-electron chi connectivity index (χ4n) is 1.58. The van der Waals surface area contributed by atoms with E-state index in [-0.39, 0.29) is 5.54 Å². The molecule has 0 radical (unpaired) electrons. The maximum atomic E-state index is 5.34. The van der Waals surface area contributed by atoms with Crippen molar-refractivity contribution < 1.29 is 4.74 Å². The van der Waals surface area contributed by atoms with Gasteiger partial charge in [0.15, 0.2) is 0 Å². The Hall–Kier alpha value is -1.22. The summed E-state index contributed by atoms with van der Waals surface area (Å²) >= 11 is 0. The zero-order valence-corrected chi connectivity index (χ0v) is 11.6. The van der Waals surface area contributed by atoms with Crippen LogP contribution in [0.3, 0.4) is 0 Å². The van der Waals surface area contributed by atoms with Gasteiger partial charge in [-0.1, -0.05) is 6.07 Å². The highest BCUT2D eigenvalue weighted by atomic mass is 16.5. The lowest BCUT2D eigenvalue weighted by Gasteiger charge is -2.21. The van der Waals surface area contributed by atoms with Gasteiger partial charge in [-0.25, -0.2) is 0 Å². The first-order valence-electron chi connectivity index (χ1n) is 6.06. The fraction of sp³-hybridized carbons (Fsp3) is 0.571. The first-order valence-corrected chi connectivity index (χ1v) is 6.06. The first kappa shape index (κ1) is 13.8. The summed E-state index contributed by atoms with van der Waals surface area (Å²) in [7, 11) is 1.70. The minimum absolute atomic E-state index is 0.166. The molecule has 3 heteroatoms. The number of hydrogen-bond donors (Lipinski definition) is 2. The average molecular weight is 236 g/mol. The van der Waals surface area contributed by atoms with Crippen molar-refractivity contribution in [2.24, 2.45) is 0 Å². The molecule has 0 saturated heterocycles. The van der Waals surface area contributed by atoms with Crippen LogP contribution in [0.5, 0.6) is 5.75 Å². The maximum Gasteiger partial charge on any atom is 0.142 e. The Bertz CT molecular complexity index is 356. The number of nitrogens with one attached hydrogen (secondary N) is 2. The molecule has 0 atom stereocenters. The van der Waals surface area contributed by atoms with Crippen LogP contribution in [0.2, 0.25) is 0 Å². The van der Waals surface area contributed by atoms with Gasteiger partial charge >= 0.3 is 0 Å². The fourth-order valence-corrected chi connectivity index (χ4v) is 1.58. The summed E-state index contributed by atoms with van der Waals surface area (Å²) in [5, 5.41) is 6.81. The first-order chi connectivity index (χ1) is 7.92. The molecule has 0 amide bonds. The molecular weight excluding hydrogens is 212 g/mol. The van der Waals surface area contributed by atoms with Crippen molar-refractivity contribution in [3.05, 3.63) is 23.8 Å². The van der Waals surface area contributed by atoms with Crippen LogP contribution in [0.25, 0.3) is 0 Å². The summed E-state index contributed by atoms with van der Waals surface area (Å²) < 4.78 is 5.34. The zero-order valence-electron chi connectivity index (χ0n) is 11.6. The minimum Gasteiger partial charge on any atom is -0.495 e. The Labute approximate surface area is 105 Å². The molecule has 0 aliphatic rings. The van der Waals surface area contributed by atoms with Gasteiger partial charge in [0.1, 0.15) is 5.75 Å². The molecule has 0 aliphatic heterocycles. The van der Waals surface area contributed by atoms with E-state index in [1.807, 2.05) is 6.07 Å². The molecule has 0 spiro atoms. The Morgan fingerprint density at radius 1 is 1.18 bits per heavy atom. The van der Waals surface area contributed by atoms with E-state index in [1.54, 1.807) is 7.11 Å². The van der Waals surface area contributed by atoms with Gasteiger partial charge in [-0.3, -0.25) is 0 Å². The van der Waals surface area contributed by atoms with Gasteiger partial charge in [0, 0.05) is 18.6 Å². The second-order valence-electron chi connectivity index (χ2n) is 5.31. The van der Waals surface area contributed by atoms with Gasteiger partial charge in [0.2, 0.25) is 0 Å². The predicted molar refractivity (Wildman–Crippen MR) is 74.0 cm³/mol. The van der Waals surface area contributed by atoms with Crippen LogP contribution >= 0.6 is 0 Å². The Morgan fingerprint density at radius 3 is 2.47 bits per heavy atom. The van der Waals surface area contributed by atoms with Crippen LogP contribution in [0.15, 0.2) is 18.2 Å². The highest BCUT2D eigenvalue weighted by molar-refractivity contribution is 5.57. The van der Waals surface area contributed by atoms with Crippen LogP contribution in [-0.2, 0) is 0 Å². The quantitative estimate of drug-likeness (QED) is 0.771. The van der Waals surface area contributed by atoms with Gasteiger partial charge in [0.25, 0.3) is 0 Å². The predicted octanol–water partition coefficient (Wildman–Crippen LogP) is 2.80. The van der Waals surface area contributed by atoms with Crippen molar-refractivity contribution in [2.45, 2.75) is 33.2 Å². The second kappa shape index (κ2) is 5.92. The van der Waals surface area contributed by atoms with E-state index in [1.165, 1.54) is 5.56 Å².